The maximum atomic E-state index is 14.2. The number of ether oxygens (including phenoxy) is 1. The summed E-state index contributed by atoms with van der Waals surface area (Å²) in [6.07, 6.45) is 1.53. The van der Waals surface area contributed by atoms with Crippen molar-refractivity contribution in [1.82, 2.24) is 14.5 Å². The molecule has 5 rings (SSSR count). The maximum absolute atomic E-state index is 14.2. The number of pyridine rings is 1. The molecule has 3 N–H and O–H groups in total. The molecule has 38 heavy (non-hydrogen) atoms. The summed E-state index contributed by atoms with van der Waals surface area (Å²) < 4.78 is 62.6. The highest BCUT2D eigenvalue weighted by molar-refractivity contribution is 8.93. The summed E-state index contributed by atoms with van der Waals surface area (Å²) in [6.45, 7) is 0.516. The third-order valence-electron chi connectivity index (χ3n) is 5.77. The number of hydrogen-bond donors (Lipinski definition) is 2. The van der Waals surface area contributed by atoms with Gasteiger partial charge in [-0.1, -0.05) is 36.4 Å². The number of halogens is 3. The molecular weight excluding hydrogens is 580 g/mol. The number of nitrogen functional groups attached to an aromatic ring is 1. The third kappa shape index (κ3) is 5.31. The SMILES string of the molecule is Br.COc1ncc(-c2ccc3nc(N)n(Cc4ccccc4)c3c2)cc1NS(=O)(=O)c1ccc(F)cc1F. The Labute approximate surface area is 227 Å². The zero-order chi connectivity index (χ0) is 26.2. The van der Waals surface area contributed by atoms with E-state index in [4.69, 9.17) is 10.5 Å². The number of nitrogens with two attached hydrogens (primary N) is 1. The third-order valence-corrected chi connectivity index (χ3v) is 7.17. The zero-order valence-electron chi connectivity index (χ0n) is 19.9. The summed E-state index contributed by atoms with van der Waals surface area (Å²) >= 11 is 0. The summed E-state index contributed by atoms with van der Waals surface area (Å²) in [6, 6.07) is 19.0. The summed E-state index contributed by atoms with van der Waals surface area (Å²) in [4.78, 5) is 7.94. The molecule has 0 aliphatic heterocycles. The zero-order valence-corrected chi connectivity index (χ0v) is 22.5. The molecule has 2 heterocycles. The summed E-state index contributed by atoms with van der Waals surface area (Å²) in [5, 5.41) is 0. The monoisotopic (exact) mass is 601 g/mol. The van der Waals surface area contributed by atoms with E-state index in [1.807, 2.05) is 53.1 Å². The smallest absolute Gasteiger partial charge is 0.264 e. The molecule has 196 valence electrons. The maximum Gasteiger partial charge on any atom is 0.264 e. The highest BCUT2D eigenvalue weighted by atomic mass is 79.9. The minimum absolute atomic E-state index is 0. The number of nitrogens with one attached hydrogen (secondary N) is 1. The predicted molar refractivity (Wildman–Crippen MR) is 147 cm³/mol. The second-order valence-corrected chi connectivity index (χ2v) is 9.86. The summed E-state index contributed by atoms with van der Waals surface area (Å²) in [5.41, 5.74) is 9.99. The van der Waals surface area contributed by atoms with Crippen LogP contribution in [0.2, 0.25) is 0 Å². The summed E-state index contributed by atoms with van der Waals surface area (Å²) in [7, 11) is -3.08. The fraction of sp³-hybridized carbons (Fsp3) is 0.0769. The van der Waals surface area contributed by atoms with Crippen LogP contribution in [-0.4, -0.2) is 30.1 Å². The quantitative estimate of drug-likeness (QED) is 0.258. The van der Waals surface area contributed by atoms with Crippen molar-refractivity contribution in [2.75, 3.05) is 17.6 Å². The Balaban J connectivity index is 0.00000336. The van der Waals surface area contributed by atoms with Crippen LogP contribution in [0.25, 0.3) is 22.2 Å². The van der Waals surface area contributed by atoms with E-state index >= 15 is 0 Å². The molecule has 3 aromatic carbocycles. The van der Waals surface area contributed by atoms with Crippen molar-refractivity contribution in [3.8, 4) is 17.0 Å². The van der Waals surface area contributed by atoms with E-state index in [1.165, 1.54) is 19.4 Å². The average Bonchev–Trinajstić information content (AvgIpc) is 3.18. The molecule has 0 aliphatic rings. The molecule has 8 nitrogen and oxygen atoms in total. The second-order valence-electron chi connectivity index (χ2n) is 8.21. The Bertz CT molecular complexity index is 1730. The van der Waals surface area contributed by atoms with Crippen LogP contribution in [0.5, 0.6) is 5.88 Å². The lowest BCUT2D eigenvalue weighted by Crippen LogP contribution is -2.15. The fourth-order valence-corrected chi connectivity index (χ4v) is 5.10. The highest BCUT2D eigenvalue weighted by Gasteiger charge is 2.22. The van der Waals surface area contributed by atoms with Gasteiger partial charge in [0, 0.05) is 17.8 Å². The van der Waals surface area contributed by atoms with E-state index in [2.05, 4.69) is 14.7 Å². The number of aromatic nitrogens is 3. The molecular formula is C26H22BrF2N5O3S. The largest absolute Gasteiger partial charge is 0.480 e. The molecule has 0 fully saturated rings. The van der Waals surface area contributed by atoms with Crippen LogP contribution in [0.3, 0.4) is 0 Å². The standard InChI is InChI=1S/C26H21F2N5O3S.BrH/c1-36-25-22(32-37(34,35)24-10-8-19(27)13-20(24)28)11-18(14-30-25)17-7-9-21-23(12-17)33(26(29)31-21)15-16-5-3-2-4-6-16;/h2-14,32H,15H2,1H3,(H2,29,31);1H. The highest BCUT2D eigenvalue weighted by Crippen LogP contribution is 2.32. The van der Waals surface area contributed by atoms with Gasteiger partial charge in [0.25, 0.3) is 10.0 Å². The molecule has 2 aromatic heterocycles. The number of benzene rings is 3. The fourth-order valence-electron chi connectivity index (χ4n) is 3.99. The Morgan fingerprint density at radius 2 is 1.76 bits per heavy atom. The van der Waals surface area contributed by atoms with Crippen molar-refractivity contribution < 1.29 is 21.9 Å². The van der Waals surface area contributed by atoms with E-state index in [0.717, 1.165) is 23.2 Å². The molecule has 0 aliphatic carbocycles. The van der Waals surface area contributed by atoms with Crippen molar-refractivity contribution in [2.24, 2.45) is 0 Å². The van der Waals surface area contributed by atoms with Gasteiger partial charge in [-0.2, -0.15) is 0 Å². The molecule has 5 aromatic rings. The Morgan fingerprint density at radius 3 is 2.47 bits per heavy atom. The number of anilines is 2. The van der Waals surface area contributed by atoms with Crippen LogP contribution in [0, 0.1) is 11.6 Å². The van der Waals surface area contributed by atoms with Crippen molar-refractivity contribution in [1.29, 1.82) is 0 Å². The Hall–Kier alpha value is -4.03. The van der Waals surface area contributed by atoms with E-state index in [1.54, 1.807) is 0 Å². The minimum Gasteiger partial charge on any atom is -0.480 e. The Morgan fingerprint density at radius 1 is 1.00 bits per heavy atom. The topological polar surface area (TPSA) is 112 Å². The number of rotatable bonds is 7. The average molecular weight is 602 g/mol. The van der Waals surface area contributed by atoms with E-state index < -0.39 is 26.6 Å². The molecule has 0 radical (unpaired) electrons. The van der Waals surface area contributed by atoms with E-state index in [-0.39, 0.29) is 28.5 Å². The minimum atomic E-state index is -4.41. The van der Waals surface area contributed by atoms with Gasteiger partial charge in [-0.15, -0.1) is 17.0 Å². The van der Waals surface area contributed by atoms with Gasteiger partial charge >= 0.3 is 0 Å². The lowest BCUT2D eigenvalue weighted by atomic mass is 10.1. The van der Waals surface area contributed by atoms with Gasteiger partial charge in [0.15, 0.2) is 0 Å². The van der Waals surface area contributed by atoms with Gasteiger partial charge in [0.1, 0.15) is 22.2 Å². The number of hydrogen-bond acceptors (Lipinski definition) is 6. The molecule has 0 atom stereocenters. The first-order valence-corrected chi connectivity index (χ1v) is 12.6. The van der Waals surface area contributed by atoms with Gasteiger partial charge < -0.3 is 15.0 Å². The number of imidazole rings is 1. The van der Waals surface area contributed by atoms with Crippen LogP contribution >= 0.6 is 17.0 Å². The van der Waals surface area contributed by atoms with E-state index in [9.17, 15) is 17.2 Å². The van der Waals surface area contributed by atoms with Gasteiger partial charge in [0.2, 0.25) is 11.8 Å². The van der Waals surface area contributed by atoms with Crippen molar-refractivity contribution in [3.63, 3.8) is 0 Å². The van der Waals surface area contributed by atoms with Crippen LogP contribution in [-0.2, 0) is 16.6 Å². The van der Waals surface area contributed by atoms with Gasteiger partial charge in [-0.05, 0) is 41.5 Å². The van der Waals surface area contributed by atoms with Crippen LogP contribution in [0.1, 0.15) is 5.56 Å². The van der Waals surface area contributed by atoms with Gasteiger partial charge in [-0.25, -0.2) is 27.2 Å². The van der Waals surface area contributed by atoms with Gasteiger partial charge in [-0.3, -0.25) is 4.72 Å². The molecule has 0 spiro atoms. The number of fused-ring (bicyclic) bond motifs is 1. The first-order chi connectivity index (χ1) is 17.7. The molecule has 0 saturated heterocycles. The van der Waals surface area contributed by atoms with Crippen LogP contribution < -0.4 is 15.2 Å². The summed E-state index contributed by atoms with van der Waals surface area (Å²) in [5.74, 6) is -1.77. The molecule has 0 bridgehead atoms. The second kappa shape index (κ2) is 10.8. The van der Waals surface area contributed by atoms with Crippen LogP contribution in [0.15, 0.2) is 83.9 Å². The number of methoxy groups -OCH3 is 1. The lowest BCUT2D eigenvalue weighted by molar-refractivity contribution is 0.400. The lowest BCUT2D eigenvalue weighted by Gasteiger charge is -2.13. The molecule has 0 amide bonds. The Kier molecular flexibility index (Phi) is 7.65. The van der Waals surface area contributed by atoms with Crippen molar-refractivity contribution >= 4 is 49.7 Å². The van der Waals surface area contributed by atoms with Crippen LogP contribution in [0.4, 0.5) is 20.4 Å². The van der Waals surface area contributed by atoms with E-state index in [0.29, 0.717) is 35.2 Å². The molecule has 0 unspecified atom stereocenters. The number of sulfonamides is 1. The van der Waals surface area contributed by atoms with Crippen molar-refractivity contribution in [3.05, 3.63) is 96.2 Å². The molecule has 0 saturated carbocycles. The molecule has 12 heteroatoms. The first-order valence-electron chi connectivity index (χ1n) is 11.1. The number of nitrogens with zero attached hydrogens (tertiary/aromatic N) is 3. The van der Waals surface area contributed by atoms with Crippen molar-refractivity contribution in [2.45, 2.75) is 11.4 Å². The predicted octanol–water partition coefficient (Wildman–Crippen LogP) is 5.39. The normalized spacial score (nSPS) is 11.2. The van der Waals surface area contributed by atoms with Gasteiger partial charge in [0.05, 0.1) is 24.7 Å². The first kappa shape index (κ1) is 27.0.